The maximum atomic E-state index is 9.26. The Morgan fingerprint density at radius 1 is 0.889 bits per heavy atom. The molecule has 0 rings (SSSR count). The molecule has 0 aliphatic heterocycles. The molecule has 84 valence electrons. The number of carboxylic acids is 2. The molecule has 0 bridgehead atoms. The monoisotopic (exact) mass is 346 g/mol. The fourth-order valence-corrected chi connectivity index (χ4v) is 0. The SMILES string of the molecule is CCC(=O)[O-].CCC(=O)[O-].S=C([S-])[S-].[Na+].[Na+].[Na+].[Na+]. The van der Waals surface area contributed by atoms with Crippen molar-refractivity contribution < 1.29 is 138 Å². The van der Waals surface area contributed by atoms with E-state index >= 15 is 0 Å². The zero-order valence-electron chi connectivity index (χ0n) is 11.8. The summed E-state index contributed by atoms with van der Waals surface area (Å²) in [6.07, 6.45) is 0.222. The zero-order chi connectivity index (χ0) is 12.1. The van der Waals surface area contributed by atoms with Crippen LogP contribution in [0.1, 0.15) is 26.7 Å². The minimum absolute atomic E-state index is 0. The summed E-state index contributed by atoms with van der Waals surface area (Å²) in [5.41, 5.74) is 0. The first kappa shape index (κ1) is 43.0. The van der Waals surface area contributed by atoms with Crippen LogP contribution in [0.3, 0.4) is 0 Å². The topological polar surface area (TPSA) is 80.3 Å². The fraction of sp³-hybridized carbons (Fsp3) is 0.571. The fourth-order valence-electron chi connectivity index (χ4n) is 0. The van der Waals surface area contributed by atoms with E-state index in [1.165, 1.54) is 13.8 Å². The van der Waals surface area contributed by atoms with E-state index in [9.17, 15) is 19.8 Å². The van der Waals surface area contributed by atoms with Crippen LogP contribution < -0.4 is 128 Å². The van der Waals surface area contributed by atoms with Crippen molar-refractivity contribution in [3.8, 4) is 0 Å². The predicted octanol–water partition coefficient (Wildman–Crippen LogP) is -13.3. The number of hydrogen-bond acceptors (Lipinski definition) is 7. The molecule has 0 aliphatic carbocycles. The third-order valence-electron chi connectivity index (χ3n) is 0.577. The molecule has 0 N–H and O–H groups in total. The van der Waals surface area contributed by atoms with Gasteiger partial charge in [-0.25, -0.2) is 0 Å². The van der Waals surface area contributed by atoms with E-state index in [1.54, 1.807) is 0 Å². The number of carboxylic acid groups (broad SMARTS) is 2. The summed E-state index contributed by atoms with van der Waals surface area (Å²) in [5, 5.41) is 18.5. The van der Waals surface area contributed by atoms with Crippen LogP contribution in [-0.2, 0) is 34.8 Å². The molecule has 4 nitrogen and oxygen atoms in total. The van der Waals surface area contributed by atoms with E-state index in [2.05, 4.69) is 37.5 Å². The predicted molar refractivity (Wildman–Crippen MR) is 57.9 cm³/mol. The average molecular weight is 346 g/mol. The standard InChI is InChI=1S/2C3H6O2.CH2S3.4Na/c2*1-2-3(4)5;2-1(3)4;;;;/h2*2H2,1H3,(H,4,5);(H2,2,3,4);;;;/q;;;4*+1/p-4. The van der Waals surface area contributed by atoms with Crippen LogP contribution in [-0.4, -0.2) is 15.5 Å². The summed E-state index contributed by atoms with van der Waals surface area (Å²) in [6.45, 7) is 3.07. The quantitative estimate of drug-likeness (QED) is 0.279. The van der Waals surface area contributed by atoms with E-state index < -0.39 is 11.9 Å². The molecule has 0 radical (unpaired) electrons. The van der Waals surface area contributed by atoms with Crippen molar-refractivity contribution in [1.29, 1.82) is 0 Å². The summed E-state index contributed by atoms with van der Waals surface area (Å²) in [7, 11) is 0. The number of hydrogen-bond donors (Lipinski definition) is 0. The van der Waals surface area contributed by atoms with Crippen LogP contribution >= 0.6 is 12.2 Å². The van der Waals surface area contributed by atoms with E-state index in [4.69, 9.17) is 0 Å². The molecule has 0 atom stereocenters. The van der Waals surface area contributed by atoms with Gasteiger partial charge < -0.3 is 57.3 Å². The molecule has 0 aliphatic rings. The van der Waals surface area contributed by atoms with E-state index in [1.807, 2.05) is 0 Å². The van der Waals surface area contributed by atoms with Gasteiger partial charge in [-0.3, -0.25) is 3.53 Å². The molecule has 0 spiro atoms. The van der Waals surface area contributed by atoms with Gasteiger partial charge in [0.1, 0.15) is 0 Å². The first-order valence-corrected chi connectivity index (χ1v) is 4.77. The van der Waals surface area contributed by atoms with Gasteiger partial charge in [-0.05, 0) is 12.8 Å². The maximum Gasteiger partial charge on any atom is 1.00 e. The van der Waals surface area contributed by atoms with Crippen LogP contribution in [0.2, 0.25) is 0 Å². The molecular formula is C7H10Na4O4S3. The van der Waals surface area contributed by atoms with Gasteiger partial charge >= 0.3 is 118 Å². The largest absolute Gasteiger partial charge is 1.00 e. The van der Waals surface area contributed by atoms with Crippen molar-refractivity contribution >= 4 is 52.9 Å². The van der Waals surface area contributed by atoms with Gasteiger partial charge in [0.25, 0.3) is 0 Å². The molecule has 0 saturated heterocycles. The van der Waals surface area contributed by atoms with Crippen molar-refractivity contribution in [2.75, 3.05) is 0 Å². The van der Waals surface area contributed by atoms with Gasteiger partial charge in [-0.15, -0.1) is 0 Å². The molecule has 0 unspecified atom stereocenters. The summed E-state index contributed by atoms with van der Waals surface area (Å²) in [5.74, 6) is -1.99. The van der Waals surface area contributed by atoms with E-state index in [0.717, 1.165) is 0 Å². The van der Waals surface area contributed by atoms with Gasteiger partial charge in [0.15, 0.2) is 0 Å². The summed E-state index contributed by atoms with van der Waals surface area (Å²) in [6, 6.07) is 0. The Labute approximate surface area is 213 Å². The molecule has 0 amide bonds. The van der Waals surface area contributed by atoms with Crippen molar-refractivity contribution in [3.63, 3.8) is 0 Å². The minimum atomic E-state index is -0.995. The van der Waals surface area contributed by atoms with Gasteiger partial charge in [-0.2, -0.15) is 0 Å². The van der Waals surface area contributed by atoms with Crippen molar-refractivity contribution in [1.82, 2.24) is 0 Å². The van der Waals surface area contributed by atoms with Gasteiger partial charge in [0.05, 0.1) is 0 Å². The van der Waals surface area contributed by atoms with Crippen molar-refractivity contribution in [2.24, 2.45) is 0 Å². The van der Waals surface area contributed by atoms with Gasteiger partial charge in [0.2, 0.25) is 0 Å². The Balaban J connectivity index is -0.0000000183. The molecule has 18 heavy (non-hydrogen) atoms. The van der Waals surface area contributed by atoms with E-state index in [0.29, 0.717) is 0 Å². The van der Waals surface area contributed by atoms with Crippen LogP contribution in [0, 0.1) is 0 Å². The first-order chi connectivity index (χ1) is 6.27. The number of carbonyl (C=O) groups excluding carboxylic acids is 2. The summed E-state index contributed by atoms with van der Waals surface area (Å²) >= 11 is 12.5. The average Bonchev–Trinajstić information content (AvgIpc) is 2.04. The second kappa shape index (κ2) is 37.1. The van der Waals surface area contributed by atoms with Crippen molar-refractivity contribution in [3.05, 3.63) is 0 Å². The Morgan fingerprint density at radius 3 is 0.944 bits per heavy atom. The van der Waals surface area contributed by atoms with Crippen LogP contribution in [0.4, 0.5) is 0 Å². The second-order valence-corrected chi connectivity index (χ2v) is 3.70. The summed E-state index contributed by atoms with van der Waals surface area (Å²) in [4.78, 5) is 18.5. The third kappa shape index (κ3) is 119. The molecular weight excluding hydrogens is 336 g/mol. The zero-order valence-corrected chi connectivity index (χ0v) is 22.2. The van der Waals surface area contributed by atoms with Crippen LogP contribution in [0.25, 0.3) is 0 Å². The van der Waals surface area contributed by atoms with Crippen molar-refractivity contribution in [2.45, 2.75) is 26.7 Å². The molecule has 0 aromatic rings. The molecule has 11 heteroatoms. The Morgan fingerprint density at radius 2 is 0.944 bits per heavy atom. The molecule has 0 aromatic carbocycles. The minimum Gasteiger partial charge on any atom is -0.570 e. The Kier molecular flexibility index (Phi) is 88.5. The van der Waals surface area contributed by atoms with Gasteiger partial charge in [-0.1, -0.05) is 13.8 Å². The van der Waals surface area contributed by atoms with Crippen LogP contribution in [0.5, 0.6) is 0 Å². The first-order valence-electron chi connectivity index (χ1n) is 3.55. The van der Waals surface area contributed by atoms with Gasteiger partial charge in [0, 0.05) is 11.9 Å². The molecule has 0 heterocycles. The smallest absolute Gasteiger partial charge is 0.570 e. The summed E-state index contributed by atoms with van der Waals surface area (Å²) < 4.78 is 0.167. The molecule has 0 aromatic heterocycles. The van der Waals surface area contributed by atoms with E-state index in [-0.39, 0.29) is 135 Å². The molecule has 0 saturated carbocycles. The maximum absolute atomic E-state index is 9.26. The number of carbonyl (C=O) groups is 2. The number of thiocarbonyl (C=S) groups is 1. The third-order valence-corrected chi connectivity index (χ3v) is 0.577. The normalized spacial score (nSPS) is 5.44. The Bertz CT molecular complexity index is 178. The molecule has 0 fully saturated rings. The second-order valence-electron chi connectivity index (χ2n) is 1.70. The number of aliphatic carboxylic acids is 2. The van der Waals surface area contributed by atoms with Crippen LogP contribution in [0.15, 0.2) is 0 Å². The number of rotatable bonds is 2. The Hall–Kier alpha value is 3.47.